The Balaban J connectivity index is 1.78. The first kappa shape index (κ1) is 16.0. The van der Waals surface area contributed by atoms with Gasteiger partial charge in [-0.2, -0.15) is 5.10 Å². The van der Waals surface area contributed by atoms with Gasteiger partial charge in [-0.25, -0.2) is 4.68 Å². The number of rotatable bonds is 3. The Bertz CT molecular complexity index is 699. The molecule has 1 aromatic heterocycles. The third-order valence-corrected chi connectivity index (χ3v) is 4.68. The molecule has 1 aliphatic rings. The summed E-state index contributed by atoms with van der Waals surface area (Å²) in [5, 5.41) is 14.6. The van der Waals surface area contributed by atoms with Crippen molar-refractivity contribution in [3.63, 3.8) is 0 Å². The molecule has 2 atom stereocenters. The van der Waals surface area contributed by atoms with Crippen LogP contribution in [0.2, 0.25) is 5.02 Å². The van der Waals surface area contributed by atoms with Gasteiger partial charge in [-0.3, -0.25) is 4.79 Å². The molecule has 2 heterocycles. The van der Waals surface area contributed by atoms with Gasteiger partial charge in [-0.15, -0.1) is 0 Å². The number of hydrogen-bond donors (Lipinski definition) is 1. The lowest BCUT2D eigenvalue weighted by Crippen LogP contribution is -2.42. The number of carbonyl (C=O) groups excluding carboxylic acids is 1. The molecule has 0 aliphatic carbocycles. The molecule has 23 heavy (non-hydrogen) atoms. The third-order valence-electron chi connectivity index (χ3n) is 4.36. The summed E-state index contributed by atoms with van der Waals surface area (Å²) >= 11 is 6.17. The van der Waals surface area contributed by atoms with E-state index in [1.807, 2.05) is 18.2 Å². The van der Waals surface area contributed by atoms with Crippen LogP contribution in [0.25, 0.3) is 5.69 Å². The lowest BCUT2D eigenvalue weighted by molar-refractivity contribution is 0.0466. The van der Waals surface area contributed by atoms with Crippen molar-refractivity contribution >= 4 is 17.5 Å². The second kappa shape index (κ2) is 6.72. The van der Waals surface area contributed by atoms with E-state index in [0.29, 0.717) is 17.1 Å². The molecule has 1 amide bonds. The number of hydrogen-bond acceptors (Lipinski definition) is 3. The van der Waals surface area contributed by atoms with Crippen LogP contribution in [-0.2, 0) is 0 Å². The number of aliphatic hydroxyl groups excluding tert-OH is 1. The van der Waals surface area contributed by atoms with Crippen LogP contribution in [0.15, 0.2) is 36.7 Å². The molecular weight excluding hydrogens is 314 g/mol. The van der Waals surface area contributed by atoms with E-state index < -0.39 is 6.10 Å². The number of benzene rings is 1. The minimum atomic E-state index is -0.392. The van der Waals surface area contributed by atoms with E-state index in [0.717, 1.165) is 25.1 Å². The highest BCUT2D eigenvalue weighted by Gasteiger charge is 2.27. The van der Waals surface area contributed by atoms with Gasteiger partial charge in [0.2, 0.25) is 0 Å². The van der Waals surface area contributed by atoms with Crippen LogP contribution in [0.1, 0.15) is 30.1 Å². The smallest absolute Gasteiger partial charge is 0.257 e. The van der Waals surface area contributed by atoms with Crippen molar-refractivity contribution in [3.05, 3.63) is 47.2 Å². The Morgan fingerprint density at radius 3 is 2.96 bits per heavy atom. The van der Waals surface area contributed by atoms with E-state index in [2.05, 4.69) is 5.10 Å². The van der Waals surface area contributed by atoms with Crippen molar-refractivity contribution in [2.75, 3.05) is 13.1 Å². The zero-order chi connectivity index (χ0) is 16.4. The molecule has 1 aromatic carbocycles. The van der Waals surface area contributed by atoms with E-state index in [9.17, 15) is 9.90 Å². The van der Waals surface area contributed by atoms with E-state index >= 15 is 0 Å². The summed E-state index contributed by atoms with van der Waals surface area (Å²) in [6.45, 7) is 3.10. The normalized spacial score (nSPS) is 19.6. The summed E-state index contributed by atoms with van der Waals surface area (Å²) in [5.41, 5.74) is 1.28. The van der Waals surface area contributed by atoms with Gasteiger partial charge >= 0.3 is 0 Å². The predicted octanol–water partition coefficient (Wildman–Crippen LogP) is 2.76. The molecule has 0 bridgehead atoms. The first-order valence-electron chi connectivity index (χ1n) is 7.83. The average molecular weight is 334 g/mol. The average Bonchev–Trinajstić information content (AvgIpc) is 3.04. The summed E-state index contributed by atoms with van der Waals surface area (Å²) < 4.78 is 1.62. The predicted molar refractivity (Wildman–Crippen MR) is 88.9 cm³/mol. The molecule has 2 aromatic rings. The van der Waals surface area contributed by atoms with Gasteiger partial charge in [-0.05, 0) is 31.9 Å². The molecule has 3 rings (SSSR count). The minimum Gasteiger partial charge on any atom is -0.393 e. The summed E-state index contributed by atoms with van der Waals surface area (Å²) in [7, 11) is 0. The zero-order valence-electron chi connectivity index (χ0n) is 13.0. The first-order chi connectivity index (χ1) is 11.1. The van der Waals surface area contributed by atoms with Gasteiger partial charge in [0.25, 0.3) is 5.91 Å². The van der Waals surface area contributed by atoms with Crippen molar-refractivity contribution in [3.8, 4) is 5.69 Å². The lowest BCUT2D eigenvalue weighted by Gasteiger charge is -2.33. The summed E-state index contributed by atoms with van der Waals surface area (Å²) in [5.74, 6) is 0.0972. The highest BCUT2D eigenvalue weighted by Crippen LogP contribution is 2.23. The van der Waals surface area contributed by atoms with Crippen LogP contribution < -0.4 is 0 Å². The second-order valence-electron chi connectivity index (χ2n) is 6.02. The quantitative estimate of drug-likeness (QED) is 0.939. The molecule has 1 saturated heterocycles. The van der Waals surface area contributed by atoms with Crippen LogP contribution in [0.5, 0.6) is 0 Å². The molecule has 1 N–H and O–H groups in total. The molecule has 5 nitrogen and oxygen atoms in total. The van der Waals surface area contributed by atoms with Gasteiger partial charge < -0.3 is 10.0 Å². The largest absolute Gasteiger partial charge is 0.393 e. The summed E-state index contributed by atoms with van der Waals surface area (Å²) in [6.07, 6.45) is 4.75. The van der Waals surface area contributed by atoms with Gasteiger partial charge in [0, 0.05) is 25.2 Å². The van der Waals surface area contributed by atoms with Crippen molar-refractivity contribution in [2.45, 2.75) is 25.9 Å². The zero-order valence-corrected chi connectivity index (χ0v) is 13.8. The van der Waals surface area contributed by atoms with Gasteiger partial charge in [0.05, 0.1) is 28.6 Å². The Hall–Kier alpha value is -1.85. The number of amides is 1. The number of para-hydroxylation sites is 1. The van der Waals surface area contributed by atoms with Gasteiger partial charge in [0.1, 0.15) is 0 Å². The first-order valence-corrected chi connectivity index (χ1v) is 8.21. The van der Waals surface area contributed by atoms with Crippen LogP contribution >= 0.6 is 11.6 Å². The van der Waals surface area contributed by atoms with E-state index in [-0.39, 0.29) is 11.8 Å². The van der Waals surface area contributed by atoms with Crippen LogP contribution in [0.3, 0.4) is 0 Å². The Morgan fingerprint density at radius 1 is 1.43 bits per heavy atom. The van der Waals surface area contributed by atoms with Crippen molar-refractivity contribution in [1.29, 1.82) is 0 Å². The number of likely N-dealkylation sites (tertiary alicyclic amines) is 1. The monoisotopic (exact) mass is 333 g/mol. The van der Waals surface area contributed by atoms with Crippen molar-refractivity contribution < 1.29 is 9.90 Å². The molecule has 122 valence electrons. The van der Waals surface area contributed by atoms with Gasteiger partial charge in [-0.1, -0.05) is 23.7 Å². The molecule has 2 unspecified atom stereocenters. The highest BCUT2D eigenvalue weighted by atomic mass is 35.5. The fourth-order valence-electron chi connectivity index (χ4n) is 2.97. The molecule has 0 spiro atoms. The number of carbonyl (C=O) groups is 1. The van der Waals surface area contributed by atoms with E-state index in [1.165, 1.54) is 0 Å². The Morgan fingerprint density at radius 2 is 2.22 bits per heavy atom. The minimum absolute atomic E-state index is 0.0475. The van der Waals surface area contributed by atoms with Crippen molar-refractivity contribution in [2.24, 2.45) is 5.92 Å². The Kier molecular flexibility index (Phi) is 4.68. The topological polar surface area (TPSA) is 58.4 Å². The molecule has 1 fully saturated rings. The maximum Gasteiger partial charge on any atom is 0.257 e. The van der Waals surface area contributed by atoms with Crippen LogP contribution in [-0.4, -0.2) is 44.9 Å². The maximum atomic E-state index is 12.7. The summed E-state index contributed by atoms with van der Waals surface area (Å²) in [6, 6.07) is 7.37. The number of halogens is 1. The molecule has 0 radical (unpaired) electrons. The molecular formula is C17H20ClN3O2. The number of piperidine rings is 1. The number of aliphatic hydroxyl groups is 1. The van der Waals surface area contributed by atoms with E-state index in [1.54, 1.807) is 35.0 Å². The SMILES string of the molecule is CC(O)C1CCCN(C(=O)c2cnn(-c3ccccc3Cl)c2)C1. The summed E-state index contributed by atoms with van der Waals surface area (Å²) in [4.78, 5) is 14.5. The molecule has 0 saturated carbocycles. The van der Waals surface area contributed by atoms with Crippen molar-refractivity contribution in [1.82, 2.24) is 14.7 Å². The maximum absolute atomic E-state index is 12.7. The van der Waals surface area contributed by atoms with Gasteiger partial charge in [0.15, 0.2) is 0 Å². The fraction of sp³-hybridized carbons (Fsp3) is 0.412. The standard InChI is InChI=1S/C17H20ClN3O2/c1-12(22)13-5-4-8-20(10-13)17(23)14-9-19-21(11-14)16-7-3-2-6-15(16)18/h2-3,6-7,9,11-13,22H,4-5,8,10H2,1H3. The lowest BCUT2D eigenvalue weighted by atomic mass is 9.93. The van der Waals surface area contributed by atoms with Crippen LogP contribution in [0.4, 0.5) is 0 Å². The number of aromatic nitrogens is 2. The fourth-order valence-corrected chi connectivity index (χ4v) is 3.20. The number of nitrogens with zero attached hydrogens (tertiary/aromatic N) is 3. The molecule has 1 aliphatic heterocycles. The second-order valence-corrected chi connectivity index (χ2v) is 6.43. The molecule has 6 heteroatoms. The van der Waals surface area contributed by atoms with Crippen LogP contribution in [0, 0.1) is 5.92 Å². The Labute approximate surface area is 140 Å². The highest BCUT2D eigenvalue weighted by molar-refractivity contribution is 6.32. The van der Waals surface area contributed by atoms with E-state index in [4.69, 9.17) is 11.6 Å². The third kappa shape index (κ3) is 3.41.